The number of carbonyl (C=O) groups is 1. The Labute approximate surface area is 190 Å². The van der Waals surface area contributed by atoms with Gasteiger partial charge in [0.05, 0.1) is 12.0 Å². The summed E-state index contributed by atoms with van der Waals surface area (Å²) < 4.78 is 13.2. The minimum atomic E-state index is -0.361. The van der Waals surface area contributed by atoms with Gasteiger partial charge in [-0.3, -0.25) is 9.79 Å². The molecule has 0 heterocycles. The van der Waals surface area contributed by atoms with Crippen LogP contribution < -0.4 is 10.6 Å². The summed E-state index contributed by atoms with van der Waals surface area (Å²) in [5.74, 6) is 0.748. The van der Waals surface area contributed by atoms with Crippen LogP contribution in [0.4, 0.5) is 4.39 Å². The van der Waals surface area contributed by atoms with Crippen LogP contribution in [0.3, 0.4) is 0 Å². The average molecular weight is 516 g/mol. The van der Waals surface area contributed by atoms with Crippen molar-refractivity contribution in [2.75, 3.05) is 33.7 Å². The molecule has 0 bridgehead atoms. The molecule has 3 rings (SSSR count). The summed E-state index contributed by atoms with van der Waals surface area (Å²) in [6.45, 7) is 4.09. The van der Waals surface area contributed by atoms with Gasteiger partial charge in [0.25, 0.3) is 0 Å². The molecule has 2 saturated carbocycles. The molecule has 0 aromatic heterocycles. The Hall–Kier alpha value is -1.38. The van der Waals surface area contributed by atoms with Crippen molar-refractivity contribution >= 4 is 35.8 Å². The van der Waals surface area contributed by atoms with Crippen molar-refractivity contribution in [3.05, 3.63) is 35.6 Å². The SMILES string of the molecule is CCNC(=NCC1(C(=O)N(C)C)CCCC1)NCC1(c2ccc(F)cc2)CC1.I. The second-order valence-corrected chi connectivity index (χ2v) is 8.52. The van der Waals surface area contributed by atoms with E-state index in [0.29, 0.717) is 6.54 Å². The lowest BCUT2D eigenvalue weighted by molar-refractivity contribution is -0.138. The highest BCUT2D eigenvalue weighted by Crippen LogP contribution is 2.47. The van der Waals surface area contributed by atoms with E-state index in [1.165, 1.54) is 17.7 Å². The Morgan fingerprint density at radius 2 is 1.72 bits per heavy atom. The highest BCUT2D eigenvalue weighted by Gasteiger charge is 2.44. The molecule has 0 unspecified atom stereocenters. The maximum Gasteiger partial charge on any atom is 0.230 e. The fourth-order valence-electron chi connectivity index (χ4n) is 4.31. The van der Waals surface area contributed by atoms with Gasteiger partial charge in [-0.1, -0.05) is 25.0 Å². The number of rotatable bonds is 7. The van der Waals surface area contributed by atoms with Crippen LogP contribution in [0, 0.1) is 11.2 Å². The van der Waals surface area contributed by atoms with Crippen molar-refractivity contribution in [3.8, 4) is 0 Å². The van der Waals surface area contributed by atoms with E-state index >= 15 is 0 Å². The van der Waals surface area contributed by atoms with E-state index in [1.54, 1.807) is 4.90 Å². The zero-order chi connectivity index (χ0) is 20.2. The van der Waals surface area contributed by atoms with Crippen molar-refractivity contribution in [2.45, 2.75) is 50.9 Å². The number of benzene rings is 1. The van der Waals surface area contributed by atoms with Crippen molar-refractivity contribution in [1.29, 1.82) is 0 Å². The molecule has 0 saturated heterocycles. The maximum atomic E-state index is 13.2. The van der Waals surface area contributed by atoms with Gasteiger partial charge in [-0.05, 0) is 50.3 Å². The van der Waals surface area contributed by atoms with Gasteiger partial charge in [0.15, 0.2) is 5.96 Å². The van der Waals surface area contributed by atoms with E-state index in [1.807, 2.05) is 33.2 Å². The van der Waals surface area contributed by atoms with Crippen LogP contribution in [0.2, 0.25) is 0 Å². The second kappa shape index (κ2) is 10.1. The largest absolute Gasteiger partial charge is 0.357 e. The van der Waals surface area contributed by atoms with E-state index in [9.17, 15) is 9.18 Å². The first-order valence-corrected chi connectivity index (χ1v) is 10.4. The van der Waals surface area contributed by atoms with Gasteiger partial charge in [0.2, 0.25) is 5.91 Å². The number of hydrogen-bond acceptors (Lipinski definition) is 2. The number of hydrogen-bond donors (Lipinski definition) is 2. The Morgan fingerprint density at radius 1 is 1.10 bits per heavy atom. The molecule has 29 heavy (non-hydrogen) atoms. The highest BCUT2D eigenvalue weighted by molar-refractivity contribution is 14.0. The summed E-state index contributed by atoms with van der Waals surface area (Å²) in [5.41, 5.74) is 0.876. The third kappa shape index (κ3) is 5.61. The zero-order valence-electron chi connectivity index (χ0n) is 17.8. The first-order chi connectivity index (χ1) is 13.4. The van der Waals surface area contributed by atoms with Gasteiger partial charge < -0.3 is 15.5 Å². The molecule has 0 spiro atoms. The van der Waals surface area contributed by atoms with Crippen molar-refractivity contribution in [1.82, 2.24) is 15.5 Å². The van der Waals surface area contributed by atoms with E-state index in [0.717, 1.165) is 57.6 Å². The van der Waals surface area contributed by atoms with Crippen LogP contribution in [-0.4, -0.2) is 50.5 Å². The summed E-state index contributed by atoms with van der Waals surface area (Å²) in [6, 6.07) is 6.84. The second-order valence-electron chi connectivity index (χ2n) is 8.52. The number of aliphatic imine (C=N–C) groups is 1. The highest BCUT2D eigenvalue weighted by atomic mass is 127. The van der Waals surface area contributed by atoms with E-state index in [-0.39, 0.29) is 46.5 Å². The minimum Gasteiger partial charge on any atom is -0.357 e. The topological polar surface area (TPSA) is 56.7 Å². The first-order valence-electron chi connectivity index (χ1n) is 10.4. The van der Waals surface area contributed by atoms with Crippen LogP contribution in [-0.2, 0) is 10.2 Å². The molecule has 162 valence electrons. The molecule has 7 heteroatoms. The summed E-state index contributed by atoms with van der Waals surface area (Å²) in [6.07, 6.45) is 6.18. The Balaban J connectivity index is 0.00000300. The number of nitrogens with one attached hydrogen (secondary N) is 2. The quantitative estimate of drug-likeness (QED) is 0.331. The molecular formula is C22H34FIN4O. The Kier molecular flexibility index (Phi) is 8.31. The molecule has 1 aromatic carbocycles. The van der Waals surface area contributed by atoms with Crippen LogP contribution >= 0.6 is 24.0 Å². The van der Waals surface area contributed by atoms with Crippen molar-refractivity contribution < 1.29 is 9.18 Å². The molecule has 2 aliphatic carbocycles. The molecule has 5 nitrogen and oxygen atoms in total. The summed E-state index contributed by atoms with van der Waals surface area (Å²) >= 11 is 0. The van der Waals surface area contributed by atoms with Crippen molar-refractivity contribution in [2.24, 2.45) is 10.4 Å². The Morgan fingerprint density at radius 3 is 2.24 bits per heavy atom. The molecule has 2 aliphatic rings. The van der Waals surface area contributed by atoms with Crippen LogP contribution in [0.25, 0.3) is 0 Å². The molecule has 0 aliphatic heterocycles. The average Bonchev–Trinajstić information content (AvgIpc) is 3.32. The van der Waals surface area contributed by atoms with Gasteiger partial charge in [-0.15, -0.1) is 24.0 Å². The van der Waals surface area contributed by atoms with Crippen LogP contribution in [0.5, 0.6) is 0 Å². The van der Waals surface area contributed by atoms with Gasteiger partial charge in [0.1, 0.15) is 5.82 Å². The number of amides is 1. The Bertz CT molecular complexity index is 710. The van der Waals surface area contributed by atoms with Crippen LogP contribution in [0.1, 0.15) is 51.0 Å². The van der Waals surface area contributed by atoms with Gasteiger partial charge in [-0.2, -0.15) is 0 Å². The third-order valence-electron chi connectivity index (χ3n) is 6.21. The van der Waals surface area contributed by atoms with E-state index < -0.39 is 0 Å². The monoisotopic (exact) mass is 516 g/mol. The van der Waals surface area contributed by atoms with E-state index in [4.69, 9.17) is 4.99 Å². The summed E-state index contributed by atoms with van der Waals surface area (Å²) in [5, 5.41) is 6.77. The number of halogens is 2. The lowest BCUT2D eigenvalue weighted by Crippen LogP contribution is -2.44. The van der Waals surface area contributed by atoms with Crippen LogP contribution in [0.15, 0.2) is 29.3 Å². The maximum absolute atomic E-state index is 13.2. The molecule has 1 amide bonds. The summed E-state index contributed by atoms with van der Waals surface area (Å²) in [7, 11) is 3.66. The normalized spacial score (nSPS) is 19.2. The fourth-order valence-corrected chi connectivity index (χ4v) is 4.31. The third-order valence-corrected chi connectivity index (χ3v) is 6.21. The van der Waals surface area contributed by atoms with E-state index in [2.05, 4.69) is 10.6 Å². The molecule has 2 N–H and O–H groups in total. The summed E-state index contributed by atoms with van der Waals surface area (Å²) in [4.78, 5) is 19.3. The smallest absolute Gasteiger partial charge is 0.230 e. The lowest BCUT2D eigenvalue weighted by atomic mass is 9.85. The zero-order valence-corrected chi connectivity index (χ0v) is 20.1. The lowest BCUT2D eigenvalue weighted by Gasteiger charge is -2.29. The predicted molar refractivity (Wildman–Crippen MR) is 126 cm³/mol. The molecule has 2 fully saturated rings. The van der Waals surface area contributed by atoms with Gasteiger partial charge in [0, 0.05) is 32.6 Å². The molecule has 0 radical (unpaired) electrons. The molecular weight excluding hydrogens is 482 g/mol. The number of guanidine groups is 1. The minimum absolute atomic E-state index is 0. The number of carbonyl (C=O) groups excluding carboxylic acids is 1. The molecule has 1 aromatic rings. The van der Waals surface area contributed by atoms with Gasteiger partial charge in [-0.25, -0.2) is 4.39 Å². The predicted octanol–water partition coefficient (Wildman–Crippen LogP) is 3.68. The fraction of sp³-hybridized carbons (Fsp3) is 0.636. The number of nitrogens with zero attached hydrogens (tertiary/aromatic N) is 2. The first kappa shape index (κ1) is 23.9. The van der Waals surface area contributed by atoms with Gasteiger partial charge >= 0.3 is 0 Å². The standard InChI is InChI=1S/C22H33FN4O.HI/c1-4-24-20(26-16-22(11-5-6-12-22)19(28)27(2)3)25-15-21(13-14-21)17-7-9-18(23)10-8-17;/h7-10H,4-6,11-16H2,1-3H3,(H2,24,25,26);1H. The molecule has 0 atom stereocenters. The van der Waals surface area contributed by atoms with Crippen molar-refractivity contribution in [3.63, 3.8) is 0 Å².